The molecule has 35 heavy (non-hydrogen) atoms. The van der Waals surface area contributed by atoms with Gasteiger partial charge < -0.3 is 20.1 Å². The third-order valence-corrected chi connectivity index (χ3v) is 5.64. The van der Waals surface area contributed by atoms with Gasteiger partial charge in [0.2, 0.25) is 5.91 Å². The third kappa shape index (κ3) is 6.11. The van der Waals surface area contributed by atoms with Crippen molar-refractivity contribution in [1.82, 2.24) is 20.4 Å². The minimum atomic E-state index is -4.40. The predicted molar refractivity (Wildman–Crippen MR) is 120 cm³/mol. The number of carbonyl (C=O) groups is 2. The molecule has 0 bridgehead atoms. The van der Waals surface area contributed by atoms with E-state index >= 15 is 0 Å². The van der Waals surface area contributed by atoms with E-state index in [1.165, 1.54) is 30.3 Å². The lowest BCUT2D eigenvalue weighted by atomic mass is 10.1. The highest BCUT2D eigenvalue weighted by molar-refractivity contribution is 5.95. The lowest BCUT2D eigenvalue weighted by Gasteiger charge is -2.32. The van der Waals surface area contributed by atoms with Crippen LogP contribution in [0.5, 0.6) is 11.5 Å². The maximum Gasteiger partial charge on any atom is 0.416 e. The quantitative estimate of drug-likeness (QED) is 0.492. The highest BCUT2D eigenvalue weighted by Gasteiger charge is 2.30. The van der Waals surface area contributed by atoms with Crippen LogP contribution in [0.2, 0.25) is 0 Å². The fourth-order valence-corrected chi connectivity index (χ4v) is 3.75. The molecule has 1 saturated heterocycles. The summed E-state index contributed by atoms with van der Waals surface area (Å²) in [5.74, 6) is -0.313. The molecule has 184 valence electrons. The van der Waals surface area contributed by atoms with Crippen LogP contribution in [-0.2, 0) is 11.0 Å². The molecule has 0 atom stereocenters. The standard InChI is InChI=1S/C24H23F3N4O4/c25-24(26,27)16-4-6-18(7-5-16)35-19-8-10-31(11-9-19)22(33)14-28-23(34)21-13-20(29-30-21)15-2-1-3-17(32)12-15/h1-7,12-13,19,32H,8-11,14H2,(H,28,34)(H,29,30). The SMILES string of the molecule is O=C(NCC(=O)N1CCC(Oc2ccc(C(F)(F)F)cc2)CC1)c1cc(-c2cccc(O)c2)n[nH]1. The van der Waals surface area contributed by atoms with Gasteiger partial charge in [0.15, 0.2) is 0 Å². The second kappa shape index (κ2) is 10.1. The molecule has 1 aliphatic heterocycles. The first-order valence-corrected chi connectivity index (χ1v) is 10.9. The third-order valence-electron chi connectivity index (χ3n) is 5.64. The van der Waals surface area contributed by atoms with Crippen molar-refractivity contribution in [2.24, 2.45) is 0 Å². The van der Waals surface area contributed by atoms with E-state index in [1.807, 2.05) is 0 Å². The number of alkyl halides is 3. The number of hydrogen-bond acceptors (Lipinski definition) is 5. The number of H-pyrrole nitrogens is 1. The number of likely N-dealkylation sites (tertiary alicyclic amines) is 1. The van der Waals surface area contributed by atoms with Gasteiger partial charge in [-0.1, -0.05) is 12.1 Å². The van der Waals surface area contributed by atoms with Crippen LogP contribution in [0.3, 0.4) is 0 Å². The minimum absolute atomic E-state index is 0.0793. The van der Waals surface area contributed by atoms with Crippen LogP contribution < -0.4 is 10.1 Å². The van der Waals surface area contributed by atoms with Gasteiger partial charge in [0.25, 0.3) is 5.91 Å². The highest BCUT2D eigenvalue weighted by Crippen LogP contribution is 2.31. The van der Waals surface area contributed by atoms with Crippen molar-refractivity contribution in [2.75, 3.05) is 19.6 Å². The Hall–Kier alpha value is -4.02. The first-order chi connectivity index (χ1) is 16.7. The fourth-order valence-electron chi connectivity index (χ4n) is 3.75. The second-order valence-corrected chi connectivity index (χ2v) is 8.12. The molecule has 0 aliphatic carbocycles. The van der Waals surface area contributed by atoms with Gasteiger partial charge in [-0.05, 0) is 42.5 Å². The van der Waals surface area contributed by atoms with Crippen LogP contribution in [-0.4, -0.2) is 57.8 Å². The Kier molecular flexibility index (Phi) is 6.94. The van der Waals surface area contributed by atoms with E-state index in [1.54, 1.807) is 17.0 Å². The Balaban J connectivity index is 1.22. The zero-order chi connectivity index (χ0) is 25.0. The summed E-state index contributed by atoms with van der Waals surface area (Å²) in [5, 5.41) is 18.8. The molecule has 1 fully saturated rings. The molecule has 0 unspecified atom stereocenters. The predicted octanol–water partition coefficient (Wildman–Crippen LogP) is 3.60. The average molecular weight is 488 g/mol. The zero-order valence-corrected chi connectivity index (χ0v) is 18.5. The smallest absolute Gasteiger partial charge is 0.416 e. The number of carbonyl (C=O) groups excluding carboxylic acids is 2. The molecule has 2 amide bonds. The number of aromatic nitrogens is 2. The fraction of sp³-hybridized carbons (Fsp3) is 0.292. The van der Waals surface area contributed by atoms with Gasteiger partial charge in [-0.25, -0.2) is 0 Å². The van der Waals surface area contributed by atoms with E-state index in [4.69, 9.17) is 4.74 Å². The van der Waals surface area contributed by atoms with Gasteiger partial charge >= 0.3 is 6.18 Å². The van der Waals surface area contributed by atoms with Gasteiger partial charge in [-0.2, -0.15) is 18.3 Å². The van der Waals surface area contributed by atoms with E-state index < -0.39 is 17.6 Å². The Morgan fingerprint density at radius 1 is 1.11 bits per heavy atom. The number of halogens is 3. The summed E-state index contributed by atoms with van der Waals surface area (Å²) in [5.41, 5.74) is 0.558. The van der Waals surface area contributed by atoms with Gasteiger partial charge in [0, 0.05) is 31.5 Å². The van der Waals surface area contributed by atoms with Crippen molar-refractivity contribution in [3.8, 4) is 22.8 Å². The number of phenols is 1. The summed E-state index contributed by atoms with van der Waals surface area (Å²) in [4.78, 5) is 26.5. The van der Waals surface area contributed by atoms with E-state index in [-0.39, 0.29) is 30.0 Å². The molecule has 4 rings (SSSR count). The molecule has 8 nitrogen and oxygen atoms in total. The molecule has 1 aliphatic rings. The monoisotopic (exact) mass is 488 g/mol. The number of hydrogen-bond donors (Lipinski definition) is 3. The maximum atomic E-state index is 12.7. The van der Waals surface area contributed by atoms with Crippen molar-refractivity contribution < 1.29 is 32.6 Å². The van der Waals surface area contributed by atoms with Crippen LogP contribution >= 0.6 is 0 Å². The number of piperidine rings is 1. The lowest BCUT2D eigenvalue weighted by molar-refractivity contribution is -0.137. The number of rotatable bonds is 6. The van der Waals surface area contributed by atoms with E-state index in [9.17, 15) is 27.9 Å². The van der Waals surface area contributed by atoms with E-state index in [2.05, 4.69) is 15.5 Å². The number of phenolic OH excluding ortho intramolecular Hbond substituents is 1. The average Bonchev–Trinajstić information content (AvgIpc) is 3.33. The van der Waals surface area contributed by atoms with Crippen LogP contribution in [0.15, 0.2) is 54.6 Å². The first kappa shape index (κ1) is 24.1. The molecule has 3 N–H and O–H groups in total. The largest absolute Gasteiger partial charge is 0.508 e. The molecule has 11 heteroatoms. The zero-order valence-electron chi connectivity index (χ0n) is 18.5. The van der Waals surface area contributed by atoms with Crippen LogP contribution in [0.25, 0.3) is 11.3 Å². The maximum absolute atomic E-state index is 12.7. The van der Waals surface area contributed by atoms with Crippen LogP contribution in [0.4, 0.5) is 13.2 Å². The molecule has 2 aromatic carbocycles. The van der Waals surface area contributed by atoms with Gasteiger partial charge in [0.05, 0.1) is 17.8 Å². The molecule has 1 aromatic heterocycles. The van der Waals surface area contributed by atoms with Crippen LogP contribution in [0.1, 0.15) is 28.9 Å². The second-order valence-electron chi connectivity index (χ2n) is 8.12. The van der Waals surface area contributed by atoms with E-state index in [0.717, 1.165) is 12.1 Å². The van der Waals surface area contributed by atoms with Crippen LogP contribution in [0, 0.1) is 0 Å². The molecule has 0 saturated carbocycles. The Morgan fingerprint density at radius 3 is 2.49 bits per heavy atom. The van der Waals surface area contributed by atoms with Gasteiger partial charge in [0.1, 0.15) is 23.3 Å². The van der Waals surface area contributed by atoms with Crippen molar-refractivity contribution in [3.05, 3.63) is 65.9 Å². The van der Waals surface area contributed by atoms with Crippen molar-refractivity contribution in [3.63, 3.8) is 0 Å². The topological polar surface area (TPSA) is 108 Å². The Labute approximate surface area is 198 Å². The summed E-state index contributed by atoms with van der Waals surface area (Å²) >= 11 is 0. The highest BCUT2D eigenvalue weighted by atomic mass is 19.4. The summed E-state index contributed by atoms with van der Waals surface area (Å²) in [6.07, 6.45) is -3.57. The summed E-state index contributed by atoms with van der Waals surface area (Å²) in [6.45, 7) is 0.626. The van der Waals surface area contributed by atoms with Gasteiger partial charge in [-0.15, -0.1) is 0 Å². The van der Waals surface area contributed by atoms with Crippen molar-refractivity contribution in [2.45, 2.75) is 25.1 Å². The number of nitrogens with zero attached hydrogens (tertiary/aromatic N) is 2. The normalized spacial score (nSPS) is 14.5. The number of nitrogens with one attached hydrogen (secondary N) is 2. The molecule has 3 aromatic rings. The van der Waals surface area contributed by atoms with Gasteiger partial charge in [-0.3, -0.25) is 14.7 Å². The first-order valence-electron chi connectivity index (χ1n) is 10.9. The minimum Gasteiger partial charge on any atom is -0.508 e. The molecule has 0 spiro atoms. The number of benzene rings is 2. The summed E-state index contributed by atoms with van der Waals surface area (Å²) in [6, 6.07) is 12.5. The molecular formula is C24H23F3N4O4. The Bertz CT molecular complexity index is 1190. The summed E-state index contributed by atoms with van der Waals surface area (Å²) < 4.78 is 43.8. The number of aromatic amines is 1. The molecular weight excluding hydrogens is 465 g/mol. The summed E-state index contributed by atoms with van der Waals surface area (Å²) in [7, 11) is 0. The number of ether oxygens (including phenoxy) is 1. The van der Waals surface area contributed by atoms with Crippen molar-refractivity contribution >= 4 is 11.8 Å². The number of amides is 2. The molecule has 0 radical (unpaired) electrons. The van der Waals surface area contributed by atoms with Crippen molar-refractivity contribution in [1.29, 1.82) is 0 Å². The Morgan fingerprint density at radius 2 is 1.83 bits per heavy atom. The molecule has 2 heterocycles. The number of aromatic hydroxyl groups is 1. The lowest BCUT2D eigenvalue weighted by Crippen LogP contribution is -2.46. The van der Waals surface area contributed by atoms with E-state index in [0.29, 0.717) is 42.9 Å².